The lowest BCUT2D eigenvalue weighted by atomic mass is 10.2. The van der Waals surface area contributed by atoms with Gasteiger partial charge in [-0.2, -0.15) is 0 Å². The smallest absolute Gasteiger partial charge is 0.255 e. The minimum absolute atomic E-state index is 0.0550. The van der Waals surface area contributed by atoms with Crippen molar-refractivity contribution in [3.63, 3.8) is 0 Å². The molecule has 0 fully saturated rings. The normalized spacial score (nSPS) is 10.1. The van der Waals surface area contributed by atoms with Crippen LogP contribution in [0.25, 0.3) is 0 Å². The minimum Gasteiger partial charge on any atom is -0.339 e. The number of hydrogen-bond acceptors (Lipinski definition) is 2. The lowest BCUT2D eigenvalue weighted by Crippen LogP contribution is -2.31. The summed E-state index contributed by atoms with van der Waals surface area (Å²) >= 11 is 3.24. The first-order valence-corrected chi connectivity index (χ1v) is 5.89. The van der Waals surface area contributed by atoms with Gasteiger partial charge in [-0.3, -0.25) is 4.79 Å². The van der Waals surface area contributed by atoms with Crippen molar-refractivity contribution in [1.29, 1.82) is 0 Å². The zero-order valence-electron chi connectivity index (χ0n) is 9.03. The molecular weight excluding hydrogens is 256 g/mol. The molecule has 0 bridgehead atoms. The summed E-state index contributed by atoms with van der Waals surface area (Å²) in [7, 11) is 0. The molecule has 0 aromatic carbocycles. The van der Waals surface area contributed by atoms with Gasteiger partial charge in [-0.15, -0.1) is 0 Å². The van der Waals surface area contributed by atoms with Gasteiger partial charge in [0.1, 0.15) is 4.60 Å². The Morgan fingerprint density at radius 2 is 2.20 bits per heavy atom. The van der Waals surface area contributed by atoms with Crippen LogP contribution in [0.3, 0.4) is 0 Å². The van der Waals surface area contributed by atoms with Crippen molar-refractivity contribution in [1.82, 2.24) is 9.88 Å². The highest BCUT2D eigenvalue weighted by Gasteiger charge is 2.12. The van der Waals surface area contributed by atoms with E-state index in [0.29, 0.717) is 5.56 Å². The fraction of sp³-hybridized carbons (Fsp3) is 0.455. The molecule has 15 heavy (non-hydrogen) atoms. The molecule has 1 amide bonds. The first kappa shape index (κ1) is 12.2. The number of carbonyl (C=O) groups is 1. The molecule has 0 saturated carbocycles. The monoisotopic (exact) mass is 270 g/mol. The van der Waals surface area contributed by atoms with Crippen LogP contribution in [0.4, 0.5) is 0 Å². The predicted molar refractivity (Wildman–Crippen MR) is 63.8 cm³/mol. The van der Waals surface area contributed by atoms with Crippen LogP contribution >= 0.6 is 15.9 Å². The summed E-state index contributed by atoms with van der Waals surface area (Å²) in [5.74, 6) is 0.0550. The third kappa shape index (κ3) is 3.30. The van der Waals surface area contributed by atoms with Crippen LogP contribution < -0.4 is 0 Å². The molecule has 82 valence electrons. The van der Waals surface area contributed by atoms with Gasteiger partial charge in [-0.25, -0.2) is 4.98 Å². The topological polar surface area (TPSA) is 33.2 Å². The van der Waals surface area contributed by atoms with E-state index in [9.17, 15) is 4.79 Å². The molecule has 1 aromatic heterocycles. The zero-order valence-corrected chi connectivity index (χ0v) is 10.6. The van der Waals surface area contributed by atoms with Crippen molar-refractivity contribution in [2.45, 2.75) is 20.3 Å². The summed E-state index contributed by atoms with van der Waals surface area (Å²) in [5, 5.41) is 0. The van der Waals surface area contributed by atoms with Crippen molar-refractivity contribution in [2.75, 3.05) is 13.1 Å². The van der Waals surface area contributed by atoms with E-state index in [2.05, 4.69) is 27.8 Å². The van der Waals surface area contributed by atoms with Crippen LogP contribution in [0.1, 0.15) is 30.6 Å². The van der Waals surface area contributed by atoms with E-state index >= 15 is 0 Å². The highest BCUT2D eigenvalue weighted by molar-refractivity contribution is 9.10. The Labute approximate surface area is 98.6 Å². The molecule has 0 radical (unpaired) electrons. The Hall–Kier alpha value is -0.900. The van der Waals surface area contributed by atoms with E-state index in [1.54, 1.807) is 18.3 Å². The number of carbonyl (C=O) groups excluding carboxylic acids is 1. The summed E-state index contributed by atoms with van der Waals surface area (Å²) in [6, 6.07) is 3.57. The second-order valence-corrected chi connectivity index (χ2v) is 4.07. The maximum Gasteiger partial charge on any atom is 0.255 e. The van der Waals surface area contributed by atoms with Gasteiger partial charge >= 0.3 is 0 Å². The fourth-order valence-electron chi connectivity index (χ4n) is 1.36. The SMILES string of the molecule is CCCN(CC)C(=O)c1ccc(Br)nc1. The number of pyridine rings is 1. The van der Waals surface area contributed by atoms with Crippen LogP contribution in [0.5, 0.6) is 0 Å². The fourth-order valence-corrected chi connectivity index (χ4v) is 1.59. The van der Waals surface area contributed by atoms with Crippen molar-refractivity contribution < 1.29 is 4.79 Å². The molecule has 1 rings (SSSR count). The predicted octanol–water partition coefficient (Wildman–Crippen LogP) is 2.72. The number of aromatic nitrogens is 1. The Balaban J connectivity index is 2.78. The van der Waals surface area contributed by atoms with Crippen LogP contribution in [0.2, 0.25) is 0 Å². The van der Waals surface area contributed by atoms with Crippen LogP contribution in [-0.2, 0) is 0 Å². The Morgan fingerprint density at radius 3 is 2.67 bits per heavy atom. The molecule has 0 aliphatic heterocycles. The van der Waals surface area contributed by atoms with E-state index in [0.717, 1.165) is 24.1 Å². The molecule has 4 heteroatoms. The first-order valence-electron chi connectivity index (χ1n) is 5.09. The number of rotatable bonds is 4. The van der Waals surface area contributed by atoms with Crippen molar-refractivity contribution >= 4 is 21.8 Å². The van der Waals surface area contributed by atoms with E-state index in [4.69, 9.17) is 0 Å². The van der Waals surface area contributed by atoms with Gasteiger partial charge in [0.2, 0.25) is 0 Å². The molecule has 0 unspecified atom stereocenters. The Morgan fingerprint density at radius 1 is 1.47 bits per heavy atom. The van der Waals surface area contributed by atoms with E-state index in [-0.39, 0.29) is 5.91 Å². The Kier molecular flexibility index (Phi) is 4.75. The number of amides is 1. The van der Waals surface area contributed by atoms with Crippen LogP contribution in [-0.4, -0.2) is 28.9 Å². The maximum absolute atomic E-state index is 11.9. The van der Waals surface area contributed by atoms with Gasteiger partial charge in [0.05, 0.1) is 5.56 Å². The minimum atomic E-state index is 0.0550. The third-order valence-electron chi connectivity index (χ3n) is 2.14. The maximum atomic E-state index is 11.9. The molecule has 0 atom stereocenters. The van der Waals surface area contributed by atoms with E-state index in [1.807, 2.05) is 11.8 Å². The summed E-state index contributed by atoms with van der Waals surface area (Å²) < 4.78 is 0.748. The lowest BCUT2D eigenvalue weighted by molar-refractivity contribution is 0.0764. The molecule has 3 nitrogen and oxygen atoms in total. The van der Waals surface area contributed by atoms with Crippen molar-refractivity contribution in [2.24, 2.45) is 0 Å². The van der Waals surface area contributed by atoms with Gasteiger partial charge in [-0.1, -0.05) is 6.92 Å². The zero-order chi connectivity index (χ0) is 11.3. The summed E-state index contributed by atoms with van der Waals surface area (Å²) in [6.45, 7) is 5.59. The highest BCUT2D eigenvalue weighted by Crippen LogP contribution is 2.09. The van der Waals surface area contributed by atoms with Gasteiger partial charge in [0.15, 0.2) is 0 Å². The highest BCUT2D eigenvalue weighted by atomic mass is 79.9. The molecule has 0 aliphatic carbocycles. The summed E-state index contributed by atoms with van der Waals surface area (Å²) in [4.78, 5) is 17.8. The molecular formula is C11H15BrN2O. The van der Waals surface area contributed by atoms with Crippen LogP contribution in [0.15, 0.2) is 22.9 Å². The average molecular weight is 271 g/mol. The molecule has 1 heterocycles. The van der Waals surface area contributed by atoms with Gasteiger partial charge in [-0.05, 0) is 41.4 Å². The Bertz CT molecular complexity index is 324. The van der Waals surface area contributed by atoms with Crippen LogP contribution in [0, 0.1) is 0 Å². The average Bonchev–Trinajstić information content (AvgIpc) is 2.26. The quantitative estimate of drug-likeness (QED) is 0.789. The van der Waals surface area contributed by atoms with Gasteiger partial charge < -0.3 is 4.90 Å². The van der Waals surface area contributed by atoms with Crippen molar-refractivity contribution in [3.05, 3.63) is 28.5 Å². The molecule has 0 aliphatic rings. The largest absolute Gasteiger partial charge is 0.339 e. The van der Waals surface area contributed by atoms with Crippen molar-refractivity contribution in [3.8, 4) is 0 Å². The van der Waals surface area contributed by atoms with Gasteiger partial charge in [0.25, 0.3) is 5.91 Å². The number of halogens is 1. The summed E-state index contributed by atoms with van der Waals surface area (Å²) in [6.07, 6.45) is 2.58. The number of nitrogens with zero attached hydrogens (tertiary/aromatic N) is 2. The van der Waals surface area contributed by atoms with Gasteiger partial charge in [0, 0.05) is 19.3 Å². The first-order chi connectivity index (χ1) is 7.19. The summed E-state index contributed by atoms with van der Waals surface area (Å²) in [5.41, 5.74) is 0.647. The second-order valence-electron chi connectivity index (χ2n) is 3.25. The van der Waals surface area contributed by atoms with E-state index < -0.39 is 0 Å². The lowest BCUT2D eigenvalue weighted by Gasteiger charge is -2.19. The number of hydrogen-bond donors (Lipinski definition) is 0. The molecule has 0 spiro atoms. The molecule has 0 saturated heterocycles. The third-order valence-corrected chi connectivity index (χ3v) is 2.61. The molecule has 0 N–H and O–H groups in total. The molecule has 1 aromatic rings. The second kappa shape index (κ2) is 5.85. The van der Waals surface area contributed by atoms with E-state index in [1.165, 1.54) is 0 Å². The standard InChI is InChI=1S/C11H15BrN2O/c1-3-7-14(4-2)11(15)9-5-6-10(12)13-8-9/h5-6,8H,3-4,7H2,1-2H3.